The number of methoxy groups -OCH3 is 1. The van der Waals surface area contributed by atoms with Crippen molar-refractivity contribution in [1.82, 2.24) is 5.32 Å². The van der Waals surface area contributed by atoms with Crippen LogP contribution in [0.4, 0.5) is 4.79 Å². The van der Waals surface area contributed by atoms with Gasteiger partial charge in [0.1, 0.15) is 5.75 Å². The van der Waals surface area contributed by atoms with E-state index in [4.69, 9.17) is 5.11 Å². The Hall–Kier alpha value is -1.71. The van der Waals surface area contributed by atoms with Crippen LogP contribution in [0.15, 0.2) is 24.3 Å². The SMILES string of the molecule is COC(=O)NC(C)Cc1ccc(O)cc1. The molecule has 2 N–H and O–H groups in total. The van der Waals surface area contributed by atoms with Crippen molar-refractivity contribution >= 4 is 6.09 Å². The van der Waals surface area contributed by atoms with Gasteiger partial charge in [-0.3, -0.25) is 0 Å². The number of rotatable bonds is 3. The zero-order chi connectivity index (χ0) is 11.3. The Morgan fingerprint density at radius 3 is 2.60 bits per heavy atom. The van der Waals surface area contributed by atoms with E-state index in [1.165, 1.54) is 7.11 Å². The smallest absolute Gasteiger partial charge is 0.407 e. The third-order valence-electron chi connectivity index (χ3n) is 2.03. The molecule has 1 rings (SSSR count). The number of hydrogen-bond donors (Lipinski definition) is 2. The van der Waals surface area contributed by atoms with Gasteiger partial charge in [-0.2, -0.15) is 0 Å². The summed E-state index contributed by atoms with van der Waals surface area (Å²) in [7, 11) is 1.34. The highest BCUT2D eigenvalue weighted by molar-refractivity contribution is 5.67. The normalized spacial score (nSPS) is 11.9. The van der Waals surface area contributed by atoms with E-state index >= 15 is 0 Å². The van der Waals surface area contributed by atoms with Crippen molar-refractivity contribution in [2.45, 2.75) is 19.4 Å². The van der Waals surface area contributed by atoms with Gasteiger partial charge in [0.2, 0.25) is 0 Å². The molecule has 0 bridgehead atoms. The quantitative estimate of drug-likeness (QED) is 0.796. The van der Waals surface area contributed by atoms with Crippen LogP contribution >= 0.6 is 0 Å². The monoisotopic (exact) mass is 209 g/mol. The van der Waals surface area contributed by atoms with Crippen LogP contribution in [0, 0.1) is 0 Å². The number of alkyl carbamates (subject to hydrolysis) is 1. The summed E-state index contributed by atoms with van der Waals surface area (Å²) in [6.07, 6.45) is 0.274. The highest BCUT2D eigenvalue weighted by Gasteiger charge is 2.07. The van der Waals surface area contributed by atoms with Crippen LogP contribution in [0.25, 0.3) is 0 Å². The number of ether oxygens (including phenoxy) is 1. The lowest BCUT2D eigenvalue weighted by Crippen LogP contribution is -2.33. The Labute approximate surface area is 88.9 Å². The van der Waals surface area contributed by atoms with E-state index in [1.54, 1.807) is 12.1 Å². The third-order valence-corrected chi connectivity index (χ3v) is 2.03. The van der Waals surface area contributed by atoms with Gasteiger partial charge in [0.15, 0.2) is 0 Å². The summed E-state index contributed by atoms with van der Waals surface area (Å²) in [5, 5.41) is 11.8. The molecule has 1 aromatic rings. The summed E-state index contributed by atoms with van der Waals surface area (Å²) >= 11 is 0. The molecular formula is C11H15NO3. The number of carbonyl (C=O) groups excluding carboxylic acids is 1. The van der Waals surface area contributed by atoms with Gasteiger partial charge in [-0.1, -0.05) is 12.1 Å². The van der Waals surface area contributed by atoms with Gasteiger partial charge in [-0.25, -0.2) is 4.79 Å². The topological polar surface area (TPSA) is 58.6 Å². The van der Waals surface area contributed by atoms with Gasteiger partial charge in [-0.05, 0) is 31.0 Å². The third kappa shape index (κ3) is 3.89. The molecule has 1 aromatic carbocycles. The molecule has 0 fully saturated rings. The molecule has 4 nitrogen and oxygen atoms in total. The van der Waals surface area contributed by atoms with E-state index in [0.717, 1.165) is 5.56 Å². The predicted molar refractivity (Wildman–Crippen MR) is 56.8 cm³/mol. The second-order valence-corrected chi connectivity index (χ2v) is 3.41. The number of carbonyl (C=O) groups is 1. The van der Waals surface area contributed by atoms with Crippen molar-refractivity contribution in [3.05, 3.63) is 29.8 Å². The summed E-state index contributed by atoms with van der Waals surface area (Å²) in [5.41, 5.74) is 1.05. The van der Waals surface area contributed by atoms with Crippen LogP contribution in [0.1, 0.15) is 12.5 Å². The first-order chi connectivity index (χ1) is 7.11. The summed E-state index contributed by atoms with van der Waals surface area (Å²) in [6.45, 7) is 1.89. The van der Waals surface area contributed by atoms with Gasteiger partial charge in [-0.15, -0.1) is 0 Å². The fourth-order valence-electron chi connectivity index (χ4n) is 1.30. The van der Waals surface area contributed by atoms with E-state index in [0.29, 0.717) is 6.42 Å². The lowest BCUT2D eigenvalue weighted by Gasteiger charge is -2.12. The highest BCUT2D eigenvalue weighted by atomic mass is 16.5. The molecule has 82 valence electrons. The molecule has 0 aliphatic heterocycles. The van der Waals surface area contributed by atoms with Crippen molar-refractivity contribution in [2.24, 2.45) is 0 Å². The molecule has 0 aliphatic rings. The summed E-state index contributed by atoms with van der Waals surface area (Å²) in [6, 6.07) is 6.90. The molecule has 0 saturated heterocycles. The van der Waals surface area contributed by atoms with Crippen LogP contribution in [-0.2, 0) is 11.2 Å². The van der Waals surface area contributed by atoms with Crippen molar-refractivity contribution in [3.63, 3.8) is 0 Å². The number of phenols is 1. The number of phenolic OH excluding ortho intramolecular Hbond substituents is 1. The molecule has 1 amide bonds. The standard InChI is InChI=1S/C11H15NO3/c1-8(12-11(14)15-2)7-9-3-5-10(13)6-4-9/h3-6,8,13H,7H2,1-2H3,(H,12,14). The maximum atomic E-state index is 10.9. The van der Waals surface area contributed by atoms with Crippen molar-refractivity contribution in [2.75, 3.05) is 7.11 Å². The number of nitrogens with one attached hydrogen (secondary N) is 1. The minimum Gasteiger partial charge on any atom is -0.508 e. The van der Waals surface area contributed by atoms with Gasteiger partial charge in [0, 0.05) is 6.04 Å². The van der Waals surface area contributed by atoms with E-state index in [2.05, 4.69) is 10.1 Å². The maximum Gasteiger partial charge on any atom is 0.407 e. The van der Waals surface area contributed by atoms with Crippen LogP contribution in [0.5, 0.6) is 5.75 Å². The fraction of sp³-hybridized carbons (Fsp3) is 0.364. The fourth-order valence-corrected chi connectivity index (χ4v) is 1.30. The van der Waals surface area contributed by atoms with Crippen molar-refractivity contribution in [3.8, 4) is 5.75 Å². The van der Waals surface area contributed by atoms with E-state index in [-0.39, 0.29) is 11.8 Å². The lowest BCUT2D eigenvalue weighted by molar-refractivity contribution is 0.167. The molecule has 0 radical (unpaired) electrons. The highest BCUT2D eigenvalue weighted by Crippen LogP contribution is 2.11. The zero-order valence-electron chi connectivity index (χ0n) is 8.86. The molecule has 0 heterocycles. The Bertz CT molecular complexity index is 321. The van der Waals surface area contributed by atoms with Crippen LogP contribution < -0.4 is 5.32 Å². The minimum atomic E-state index is -0.429. The molecular weight excluding hydrogens is 194 g/mol. The van der Waals surface area contributed by atoms with Crippen LogP contribution in [-0.4, -0.2) is 24.4 Å². The van der Waals surface area contributed by atoms with E-state index < -0.39 is 6.09 Å². The Morgan fingerprint density at radius 2 is 2.07 bits per heavy atom. The predicted octanol–water partition coefficient (Wildman–Crippen LogP) is 1.68. The van der Waals surface area contributed by atoms with E-state index in [1.807, 2.05) is 19.1 Å². The average molecular weight is 209 g/mol. The Balaban J connectivity index is 2.47. The number of benzene rings is 1. The molecule has 4 heteroatoms. The van der Waals surface area contributed by atoms with Crippen molar-refractivity contribution < 1.29 is 14.6 Å². The summed E-state index contributed by atoms with van der Waals surface area (Å²) in [4.78, 5) is 10.9. The summed E-state index contributed by atoms with van der Waals surface area (Å²) < 4.78 is 4.49. The number of hydrogen-bond acceptors (Lipinski definition) is 3. The molecule has 0 aromatic heterocycles. The molecule has 15 heavy (non-hydrogen) atoms. The van der Waals surface area contributed by atoms with Gasteiger partial charge >= 0.3 is 6.09 Å². The minimum absolute atomic E-state index is 0.00185. The van der Waals surface area contributed by atoms with E-state index in [9.17, 15) is 4.79 Å². The second-order valence-electron chi connectivity index (χ2n) is 3.41. The molecule has 1 atom stereocenters. The van der Waals surface area contributed by atoms with Gasteiger partial charge in [0.05, 0.1) is 7.11 Å². The average Bonchev–Trinajstić information content (AvgIpc) is 2.21. The number of aromatic hydroxyl groups is 1. The first kappa shape index (κ1) is 11.4. The zero-order valence-corrected chi connectivity index (χ0v) is 8.86. The molecule has 0 saturated carbocycles. The molecule has 1 unspecified atom stereocenters. The summed E-state index contributed by atoms with van der Waals surface area (Å²) in [5.74, 6) is 0.243. The Morgan fingerprint density at radius 1 is 1.47 bits per heavy atom. The van der Waals surface area contributed by atoms with Crippen molar-refractivity contribution in [1.29, 1.82) is 0 Å². The largest absolute Gasteiger partial charge is 0.508 e. The Kier molecular flexibility index (Phi) is 3.97. The lowest BCUT2D eigenvalue weighted by atomic mass is 10.1. The second kappa shape index (κ2) is 5.24. The van der Waals surface area contributed by atoms with Gasteiger partial charge < -0.3 is 15.2 Å². The van der Waals surface area contributed by atoms with Crippen LogP contribution in [0.3, 0.4) is 0 Å². The first-order valence-electron chi connectivity index (χ1n) is 4.74. The maximum absolute atomic E-state index is 10.9. The number of amides is 1. The molecule has 0 spiro atoms. The van der Waals surface area contributed by atoms with Crippen LogP contribution in [0.2, 0.25) is 0 Å². The molecule has 0 aliphatic carbocycles. The van der Waals surface area contributed by atoms with Gasteiger partial charge in [0.25, 0.3) is 0 Å². The first-order valence-corrected chi connectivity index (χ1v) is 4.74.